The van der Waals surface area contributed by atoms with Crippen LogP contribution in [-0.2, 0) is 0 Å². The molecule has 0 saturated heterocycles. The fraction of sp³-hybridized carbons (Fsp3) is 0.143. The number of nitrogens with one attached hydrogen (secondary N) is 1. The number of nitrogens with zero attached hydrogens (tertiary/aromatic N) is 2. The highest BCUT2D eigenvalue weighted by Gasteiger charge is 2.22. The Labute approximate surface area is 138 Å². The van der Waals surface area contributed by atoms with E-state index in [2.05, 4.69) is 30.9 Å². The molecule has 21 heavy (non-hydrogen) atoms. The third-order valence-electron chi connectivity index (χ3n) is 3.36. The molecule has 0 amide bonds. The van der Waals surface area contributed by atoms with Gasteiger partial charge in [0.1, 0.15) is 15.9 Å². The maximum Gasteiger partial charge on any atom is 0.156 e. The van der Waals surface area contributed by atoms with E-state index in [0.717, 1.165) is 5.56 Å². The van der Waals surface area contributed by atoms with Crippen LogP contribution in [0.5, 0.6) is 0 Å². The van der Waals surface area contributed by atoms with Crippen LogP contribution in [0.2, 0.25) is 10.0 Å². The van der Waals surface area contributed by atoms with Gasteiger partial charge >= 0.3 is 0 Å². The van der Waals surface area contributed by atoms with E-state index in [1.54, 1.807) is 12.4 Å². The number of halogens is 4. The topological polar surface area (TPSA) is 41.6 Å². The van der Waals surface area contributed by atoms with Crippen molar-refractivity contribution in [3.63, 3.8) is 0 Å². The molecule has 0 aliphatic rings. The van der Waals surface area contributed by atoms with Gasteiger partial charge in [0.2, 0.25) is 0 Å². The second-order valence-corrected chi connectivity index (χ2v) is 6.21. The predicted molar refractivity (Wildman–Crippen MR) is 85.5 cm³/mol. The summed E-state index contributed by atoms with van der Waals surface area (Å²) in [5.41, 5.74) is 2.76. The molecule has 1 aromatic carbocycles. The Morgan fingerprint density at radius 1 is 1.33 bits per heavy atom. The van der Waals surface area contributed by atoms with Gasteiger partial charge in [-0.2, -0.15) is 0 Å². The summed E-state index contributed by atoms with van der Waals surface area (Å²) < 4.78 is 14.3. The van der Waals surface area contributed by atoms with Crippen molar-refractivity contribution >= 4 is 50.3 Å². The van der Waals surface area contributed by atoms with Gasteiger partial charge in [-0.1, -0.05) is 30.1 Å². The van der Waals surface area contributed by atoms with Crippen LogP contribution in [0.15, 0.2) is 29.1 Å². The Balaban J connectivity index is 2.19. The Hall–Kier alpha value is -1.17. The summed E-state index contributed by atoms with van der Waals surface area (Å²) >= 11 is 15.6. The van der Waals surface area contributed by atoms with Crippen molar-refractivity contribution in [3.8, 4) is 0 Å². The molecule has 0 aliphatic carbocycles. The van der Waals surface area contributed by atoms with Crippen molar-refractivity contribution in [1.82, 2.24) is 15.0 Å². The largest absolute Gasteiger partial charge is 0.344 e. The summed E-state index contributed by atoms with van der Waals surface area (Å²) in [5, 5.41) is 0.457. The molecule has 2 heterocycles. The van der Waals surface area contributed by atoms with Crippen LogP contribution in [0.3, 0.4) is 0 Å². The van der Waals surface area contributed by atoms with Crippen molar-refractivity contribution in [1.29, 1.82) is 0 Å². The maximum atomic E-state index is 13.7. The lowest BCUT2D eigenvalue weighted by Gasteiger charge is -2.15. The number of H-pyrrole nitrogens is 1. The van der Waals surface area contributed by atoms with E-state index >= 15 is 0 Å². The first-order chi connectivity index (χ1) is 9.99. The van der Waals surface area contributed by atoms with Gasteiger partial charge in [-0.05, 0) is 33.6 Å². The normalized spacial score (nSPS) is 12.8. The lowest BCUT2D eigenvalue weighted by molar-refractivity contribution is 0.625. The van der Waals surface area contributed by atoms with Crippen LogP contribution in [0.25, 0.3) is 11.2 Å². The first kappa shape index (κ1) is 14.8. The van der Waals surface area contributed by atoms with Gasteiger partial charge in [0, 0.05) is 22.7 Å². The Morgan fingerprint density at radius 2 is 2.10 bits per heavy atom. The SMILES string of the molecule is CC(c1c(Cl)ccc(F)c1Cl)c1c[nH]c2ncc(Br)nc12. The quantitative estimate of drug-likeness (QED) is 0.603. The van der Waals surface area contributed by atoms with E-state index in [-0.39, 0.29) is 10.9 Å². The zero-order chi connectivity index (χ0) is 15.1. The molecule has 0 bridgehead atoms. The zero-order valence-corrected chi connectivity index (χ0v) is 13.9. The summed E-state index contributed by atoms with van der Waals surface area (Å²) in [6, 6.07) is 2.76. The number of fused-ring (bicyclic) bond motifs is 1. The smallest absolute Gasteiger partial charge is 0.156 e. The Morgan fingerprint density at radius 3 is 2.86 bits per heavy atom. The van der Waals surface area contributed by atoms with E-state index in [0.29, 0.717) is 26.4 Å². The minimum Gasteiger partial charge on any atom is -0.344 e. The summed E-state index contributed by atoms with van der Waals surface area (Å²) in [6.45, 7) is 1.90. The van der Waals surface area contributed by atoms with Crippen LogP contribution in [-0.4, -0.2) is 15.0 Å². The Kier molecular flexibility index (Phi) is 3.90. The second-order valence-electron chi connectivity index (χ2n) is 4.61. The van der Waals surface area contributed by atoms with E-state index in [1.165, 1.54) is 12.1 Å². The van der Waals surface area contributed by atoms with Crippen molar-refractivity contribution in [2.24, 2.45) is 0 Å². The van der Waals surface area contributed by atoms with E-state index in [4.69, 9.17) is 23.2 Å². The third-order valence-corrected chi connectivity index (χ3v) is 4.46. The molecule has 7 heteroatoms. The molecule has 0 aliphatic heterocycles. The molecule has 108 valence electrons. The minimum atomic E-state index is -0.491. The van der Waals surface area contributed by atoms with Gasteiger partial charge < -0.3 is 4.98 Å². The monoisotopic (exact) mass is 387 g/mol. The highest BCUT2D eigenvalue weighted by atomic mass is 79.9. The molecule has 2 aromatic heterocycles. The molecule has 0 spiro atoms. The first-order valence-corrected chi connectivity index (χ1v) is 7.67. The first-order valence-electron chi connectivity index (χ1n) is 6.12. The lowest BCUT2D eigenvalue weighted by atomic mass is 9.94. The van der Waals surface area contributed by atoms with Crippen LogP contribution in [0.1, 0.15) is 24.0 Å². The van der Waals surface area contributed by atoms with E-state index in [9.17, 15) is 4.39 Å². The fourth-order valence-electron chi connectivity index (χ4n) is 2.31. The number of aromatic nitrogens is 3. The van der Waals surface area contributed by atoms with Crippen LogP contribution in [0.4, 0.5) is 4.39 Å². The van der Waals surface area contributed by atoms with Gasteiger partial charge in [-0.3, -0.25) is 0 Å². The summed E-state index contributed by atoms with van der Waals surface area (Å²) in [7, 11) is 0. The van der Waals surface area contributed by atoms with E-state index < -0.39 is 5.82 Å². The molecule has 3 aromatic rings. The lowest BCUT2D eigenvalue weighted by Crippen LogP contribution is -2.00. The molecule has 1 unspecified atom stereocenters. The van der Waals surface area contributed by atoms with Gasteiger partial charge in [0.15, 0.2) is 5.65 Å². The maximum absolute atomic E-state index is 13.7. The molecule has 3 rings (SSSR count). The molecule has 3 nitrogen and oxygen atoms in total. The highest BCUT2D eigenvalue weighted by Crippen LogP contribution is 2.38. The summed E-state index contributed by atoms with van der Waals surface area (Å²) in [6.07, 6.45) is 3.40. The van der Waals surface area contributed by atoms with Crippen LogP contribution in [0, 0.1) is 5.82 Å². The second kappa shape index (κ2) is 5.55. The summed E-state index contributed by atoms with van der Waals surface area (Å²) in [5.74, 6) is -0.715. The Bertz CT molecular complexity index is 834. The van der Waals surface area contributed by atoms with E-state index in [1.807, 2.05) is 6.92 Å². The zero-order valence-electron chi connectivity index (χ0n) is 10.8. The van der Waals surface area contributed by atoms with Crippen LogP contribution < -0.4 is 0 Å². The number of hydrogen-bond donors (Lipinski definition) is 1. The molecule has 0 fully saturated rings. The number of aromatic amines is 1. The van der Waals surface area contributed by atoms with Crippen molar-refractivity contribution in [2.45, 2.75) is 12.8 Å². The average molecular weight is 389 g/mol. The number of hydrogen-bond acceptors (Lipinski definition) is 2. The average Bonchev–Trinajstić information content (AvgIpc) is 2.86. The summed E-state index contributed by atoms with van der Waals surface area (Å²) in [4.78, 5) is 11.7. The van der Waals surface area contributed by atoms with Crippen molar-refractivity contribution in [2.75, 3.05) is 0 Å². The van der Waals surface area contributed by atoms with Crippen LogP contribution >= 0.6 is 39.1 Å². The predicted octanol–water partition coefficient (Wildman–Crippen LogP) is 5.32. The molecule has 1 N–H and O–H groups in total. The number of benzene rings is 1. The third kappa shape index (κ3) is 2.54. The minimum absolute atomic E-state index is 0.0345. The number of rotatable bonds is 2. The van der Waals surface area contributed by atoms with Crippen molar-refractivity contribution in [3.05, 3.63) is 56.1 Å². The van der Waals surface area contributed by atoms with Crippen molar-refractivity contribution < 1.29 is 4.39 Å². The highest BCUT2D eigenvalue weighted by molar-refractivity contribution is 9.10. The van der Waals surface area contributed by atoms with Gasteiger partial charge in [-0.15, -0.1) is 0 Å². The molecular formula is C14H9BrCl2FN3. The van der Waals surface area contributed by atoms with Gasteiger partial charge in [-0.25, -0.2) is 14.4 Å². The standard InChI is InChI=1S/C14H9BrCl2FN3/c1-6(11-8(16)2-3-9(18)12(11)17)7-4-19-14-13(7)21-10(15)5-20-14/h2-6H,1H3,(H,19,20). The fourth-order valence-corrected chi connectivity index (χ4v) is 3.29. The molecular weight excluding hydrogens is 380 g/mol. The molecule has 0 saturated carbocycles. The van der Waals surface area contributed by atoms with Gasteiger partial charge in [0.25, 0.3) is 0 Å². The molecule has 0 radical (unpaired) electrons. The van der Waals surface area contributed by atoms with Gasteiger partial charge in [0.05, 0.1) is 11.2 Å². The molecule has 1 atom stereocenters.